The van der Waals surface area contributed by atoms with Crippen molar-refractivity contribution in [2.45, 2.75) is 32.7 Å². The summed E-state index contributed by atoms with van der Waals surface area (Å²) < 4.78 is 7.56. The molecule has 0 radical (unpaired) electrons. The van der Waals surface area contributed by atoms with Crippen LogP contribution in [0.5, 0.6) is 5.75 Å². The van der Waals surface area contributed by atoms with Crippen LogP contribution in [0.3, 0.4) is 0 Å². The highest BCUT2D eigenvalue weighted by Gasteiger charge is 2.21. The summed E-state index contributed by atoms with van der Waals surface area (Å²) in [6, 6.07) is 6.73. The highest BCUT2D eigenvalue weighted by Crippen LogP contribution is 2.38. The van der Waals surface area contributed by atoms with Gasteiger partial charge in [0.05, 0.1) is 13.3 Å². The average molecular weight is 271 g/mol. The molecule has 0 fully saturated rings. The van der Waals surface area contributed by atoms with Gasteiger partial charge in [-0.15, -0.1) is 0 Å². The number of aromatic nitrogens is 2. The molecule has 0 saturated heterocycles. The van der Waals surface area contributed by atoms with Gasteiger partial charge in [0.25, 0.3) is 0 Å². The Morgan fingerprint density at radius 3 is 2.95 bits per heavy atom. The van der Waals surface area contributed by atoms with Crippen molar-refractivity contribution in [2.75, 3.05) is 19.0 Å². The van der Waals surface area contributed by atoms with Crippen molar-refractivity contribution in [1.29, 1.82) is 0 Å². The fourth-order valence-electron chi connectivity index (χ4n) is 2.88. The summed E-state index contributed by atoms with van der Waals surface area (Å²) in [5.74, 6) is 0.845. The van der Waals surface area contributed by atoms with Gasteiger partial charge in [-0.25, -0.2) is 0 Å². The first kappa shape index (κ1) is 13.0. The van der Waals surface area contributed by atoms with Gasteiger partial charge in [0.1, 0.15) is 5.69 Å². The zero-order valence-electron chi connectivity index (χ0n) is 12.3. The highest BCUT2D eigenvalue weighted by atomic mass is 16.5. The van der Waals surface area contributed by atoms with E-state index in [1.807, 2.05) is 10.9 Å². The summed E-state index contributed by atoms with van der Waals surface area (Å²) in [7, 11) is 1.71. The summed E-state index contributed by atoms with van der Waals surface area (Å²) in [6.45, 7) is 5.34. The second-order valence-corrected chi connectivity index (χ2v) is 5.46. The molecule has 0 aliphatic carbocycles. The summed E-state index contributed by atoms with van der Waals surface area (Å²) >= 11 is 0. The van der Waals surface area contributed by atoms with Gasteiger partial charge in [0.2, 0.25) is 0 Å². The summed E-state index contributed by atoms with van der Waals surface area (Å²) in [4.78, 5) is 0. The lowest BCUT2D eigenvalue weighted by molar-refractivity contribution is 0.415. The van der Waals surface area contributed by atoms with E-state index < -0.39 is 0 Å². The molecule has 1 aromatic carbocycles. The summed E-state index contributed by atoms with van der Waals surface area (Å²) in [5, 5.41) is 7.96. The predicted molar refractivity (Wildman–Crippen MR) is 81.4 cm³/mol. The number of rotatable bonds is 3. The smallest absolute Gasteiger partial charge is 0.164 e. The SMILES string of the molecule is COc1cnn(C(C)C)c1-c1cccc2c1CCCN2. The van der Waals surface area contributed by atoms with Crippen LogP contribution in [0.15, 0.2) is 24.4 Å². The molecule has 0 unspecified atom stereocenters. The predicted octanol–water partition coefficient (Wildman–Crippen LogP) is 3.50. The molecule has 0 amide bonds. The van der Waals surface area contributed by atoms with Crippen LogP contribution < -0.4 is 10.1 Å². The van der Waals surface area contributed by atoms with E-state index in [1.54, 1.807) is 7.11 Å². The molecular formula is C16H21N3O. The Bertz CT molecular complexity index is 616. The van der Waals surface area contributed by atoms with E-state index in [9.17, 15) is 0 Å². The quantitative estimate of drug-likeness (QED) is 0.928. The molecule has 20 heavy (non-hydrogen) atoms. The molecule has 2 aromatic rings. The summed E-state index contributed by atoms with van der Waals surface area (Å²) in [6.07, 6.45) is 4.08. The minimum Gasteiger partial charge on any atom is -0.493 e. The van der Waals surface area contributed by atoms with E-state index in [4.69, 9.17) is 4.74 Å². The summed E-state index contributed by atoms with van der Waals surface area (Å²) in [5.41, 5.74) is 4.94. The number of fused-ring (bicyclic) bond motifs is 1. The van der Waals surface area contributed by atoms with Crippen molar-refractivity contribution in [1.82, 2.24) is 9.78 Å². The Labute approximate surface area is 119 Å². The maximum atomic E-state index is 5.52. The highest BCUT2D eigenvalue weighted by molar-refractivity contribution is 5.76. The number of ether oxygens (including phenoxy) is 1. The van der Waals surface area contributed by atoms with Crippen LogP contribution in [0.25, 0.3) is 11.3 Å². The molecule has 0 atom stereocenters. The van der Waals surface area contributed by atoms with Crippen LogP contribution >= 0.6 is 0 Å². The monoisotopic (exact) mass is 271 g/mol. The Morgan fingerprint density at radius 2 is 2.20 bits per heavy atom. The van der Waals surface area contributed by atoms with Gasteiger partial charge < -0.3 is 10.1 Å². The molecular weight excluding hydrogens is 250 g/mol. The average Bonchev–Trinajstić information content (AvgIpc) is 2.90. The number of nitrogens with one attached hydrogen (secondary N) is 1. The largest absolute Gasteiger partial charge is 0.493 e. The Kier molecular flexibility index (Phi) is 3.38. The molecule has 1 aromatic heterocycles. The number of hydrogen-bond donors (Lipinski definition) is 1. The van der Waals surface area contributed by atoms with Gasteiger partial charge in [0.15, 0.2) is 5.75 Å². The molecule has 1 aliphatic heterocycles. The molecule has 4 nitrogen and oxygen atoms in total. The van der Waals surface area contributed by atoms with Crippen molar-refractivity contribution in [2.24, 2.45) is 0 Å². The van der Waals surface area contributed by atoms with E-state index in [2.05, 4.69) is 42.5 Å². The standard InChI is InChI=1S/C16H21N3O/c1-11(2)19-16(15(20-3)10-18-19)13-6-4-8-14-12(13)7-5-9-17-14/h4,6,8,10-11,17H,5,7,9H2,1-3H3. The number of hydrogen-bond acceptors (Lipinski definition) is 3. The van der Waals surface area contributed by atoms with Crippen molar-refractivity contribution >= 4 is 5.69 Å². The Balaban J connectivity index is 2.20. The first-order chi connectivity index (χ1) is 9.72. The maximum Gasteiger partial charge on any atom is 0.164 e. The maximum absolute atomic E-state index is 5.52. The van der Waals surface area contributed by atoms with Crippen LogP contribution in [0.1, 0.15) is 31.9 Å². The van der Waals surface area contributed by atoms with E-state index in [0.29, 0.717) is 6.04 Å². The van der Waals surface area contributed by atoms with Gasteiger partial charge in [-0.3, -0.25) is 4.68 Å². The van der Waals surface area contributed by atoms with Crippen molar-refractivity contribution in [3.63, 3.8) is 0 Å². The van der Waals surface area contributed by atoms with E-state index in [1.165, 1.54) is 23.2 Å². The topological polar surface area (TPSA) is 39.1 Å². The van der Waals surface area contributed by atoms with Crippen LogP contribution in [0.4, 0.5) is 5.69 Å². The normalized spacial score (nSPS) is 14.0. The van der Waals surface area contributed by atoms with Crippen LogP contribution in [0.2, 0.25) is 0 Å². The van der Waals surface area contributed by atoms with Crippen LogP contribution in [-0.4, -0.2) is 23.4 Å². The fourth-order valence-corrected chi connectivity index (χ4v) is 2.88. The molecule has 2 heterocycles. The number of anilines is 1. The van der Waals surface area contributed by atoms with Crippen molar-refractivity contribution in [3.05, 3.63) is 30.0 Å². The van der Waals surface area contributed by atoms with Crippen LogP contribution in [-0.2, 0) is 6.42 Å². The van der Waals surface area contributed by atoms with Gasteiger partial charge in [-0.2, -0.15) is 5.10 Å². The number of methoxy groups -OCH3 is 1. The fraction of sp³-hybridized carbons (Fsp3) is 0.438. The zero-order chi connectivity index (χ0) is 14.1. The molecule has 1 N–H and O–H groups in total. The Hall–Kier alpha value is -1.97. The molecule has 3 rings (SSSR count). The number of benzene rings is 1. The third-order valence-corrected chi connectivity index (χ3v) is 3.82. The molecule has 106 valence electrons. The lowest BCUT2D eigenvalue weighted by Crippen LogP contribution is -2.14. The molecule has 0 spiro atoms. The third kappa shape index (κ3) is 2.05. The lowest BCUT2D eigenvalue weighted by Gasteiger charge is -2.22. The van der Waals surface area contributed by atoms with Gasteiger partial charge >= 0.3 is 0 Å². The first-order valence-corrected chi connectivity index (χ1v) is 7.20. The van der Waals surface area contributed by atoms with Gasteiger partial charge in [0, 0.05) is 23.8 Å². The lowest BCUT2D eigenvalue weighted by atomic mass is 9.95. The molecule has 1 aliphatic rings. The second kappa shape index (κ2) is 5.19. The van der Waals surface area contributed by atoms with E-state index in [-0.39, 0.29) is 0 Å². The molecule has 4 heteroatoms. The van der Waals surface area contributed by atoms with Gasteiger partial charge in [-0.1, -0.05) is 12.1 Å². The molecule has 0 bridgehead atoms. The third-order valence-electron chi connectivity index (χ3n) is 3.82. The zero-order valence-corrected chi connectivity index (χ0v) is 12.3. The minimum atomic E-state index is 0.307. The van der Waals surface area contributed by atoms with Gasteiger partial charge in [-0.05, 0) is 38.3 Å². The molecule has 0 saturated carbocycles. The van der Waals surface area contributed by atoms with Crippen molar-refractivity contribution in [3.8, 4) is 17.0 Å². The minimum absolute atomic E-state index is 0.307. The Morgan fingerprint density at radius 1 is 1.35 bits per heavy atom. The first-order valence-electron chi connectivity index (χ1n) is 7.20. The van der Waals surface area contributed by atoms with Crippen molar-refractivity contribution < 1.29 is 4.74 Å². The number of nitrogens with zero attached hydrogens (tertiary/aromatic N) is 2. The second-order valence-electron chi connectivity index (χ2n) is 5.46. The van der Waals surface area contributed by atoms with E-state index in [0.717, 1.165) is 24.4 Å². The van der Waals surface area contributed by atoms with Crippen LogP contribution in [0, 0.1) is 0 Å². The van der Waals surface area contributed by atoms with E-state index >= 15 is 0 Å².